The molecule has 158 valence electrons. The van der Waals surface area contributed by atoms with E-state index >= 15 is 0 Å². The van der Waals surface area contributed by atoms with Crippen LogP contribution in [0.2, 0.25) is 0 Å². The second-order valence-corrected chi connectivity index (χ2v) is 9.23. The molecule has 0 bridgehead atoms. The first kappa shape index (κ1) is 20.0. The van der Waals surface area contributed by atoms with Crippen LogP contribution in [0.4, 0.5) is 13.6 Å². The quantitative estimate of drug-likeness (QED) is 0.817. The molecule has 3 heterocycles. The van der Waals surface area contributed by atoms with Gasteiger partial charge in [0.25, 0.3) is 0 Å². The normalized spacial score (nSPS) is 23.2. The van der Waals surface area contributed by atoms with Gasteiger partial charge in [0.05, 0.1) is 24.1 Å². The highest BCUT2D eigenvalue weighted by Gasteiger charge is 2.37. The summed E-state index contributed by atoms with van der Waals surface area (Å²) in [7, 11) is 0. The van der Waals surface area contributed by atoms with Crippen molar-refractivity contribution in [2.24, 2.45) is 17.1 Å². The minimum absolute atomic E-state index is 0.00159. The fraction of sp³-hybridized carbons (Fsp3) is 0.650. The van der Waals surface area contributed by atoms with Crippen molar-refractivity contribution in [3.05, 3.63) is 29.7 Å². The Balaban J connectivity index is 1.48. The first-order chi connectivity index (χ1) is 13.6. The maximum atomic E-state index is 13.4. The van der Waals surface area contributed by atoms with Crippen molar-refractivity contribution in [1.82, 2.24) is 24.8 Å². The summed E-state index contributed by atoms with van der Waals surface area (Å²) in [6.45, 7) is 6.01. The number of nitrogens with zero attached hydrogens (tertiary/aromatic N) is 4. The van der Waals surface area contributed by atoms with E-state index in [9.17, 15) is 13.6 Å². The van der Waals surface area contributed by atoms with Gasteiger partial charge in [0, 0.05) is 32.5 Å². The standard InChI is InChI=1S/C20H28F2N6O/c1-19(2)11-24-18(29)27(12-19)9-13-7-16-26-15(10-28(16)25-8-13)17(23)14-3-5-20(21,22)6-4-14/h7-8,10,14,17H,3-6,9,11-12,23H2,1-2H3,(H,24,29)/t17-/m0/s1. The van der Waals surface area contributed by atoms with Gasteiger partial charge < -0.3 is 16.0 Å². The number of imidazole rings is 1. The van der Waals surface area contributed by atoms with E-state index in [0.717, 1.165) is 5.56 Å². The van der Waals surface area contributed by atoms with Crippen LogP contribution in [-0.4, -0.2) is 44.5 Å². The lowest BCUT2D eigenvalue weighted by Crippen LogP contribution is -2.54. The van der Waals surface area contributed by atoms with Crippen molar-refractivity contribution in [3.63, 3.8) is 0 Å². The van der Waals surface area contributed by atoms with Crippen LogP contribution in [0.25, 0.3) is 5.65 Å². The van der Waals surface area contributed by atoms with Crippen molar-refractivity contribution < 1.29 is 13.6 Å². The molecule has 0 spiro atoms. The minimum Gasteiger partial charge on any atom is -0.337 e. The Labute approximate surface area is 168 Å². The molecule has 9 heteroatoms. The third-order valence-corrected chi connectivity index (χ3v) is 6.00. The molecule has 1 saturated carbocycles. The number of fused-ring (bicyclic) bond motifs is 1. The maximum absolute atomic E-state index is 13.4. The van der Waals surface area contributed by atoms with Crippen LogP contribution in [0, 0.1) is 11.3 Å². The molecular weight excluding hydrogens is 378 g/mol. The van der Waals surface area contributed by atoms with E-state index in [4.69, 9.17) is 5.73 Å². The number of hydrogen-bond acceptors (Lipinski definition) is 4. The predicted octanol–water partition coefficient (Wildman–Crippen LogP) is 3.11. The summed E-state index contributed by atoms with van der Waals surface area (Å²) in [5.74, 6) is -2.57. The Bertz CT molecular complexity index is 902. The summed E-state index contributed by atoms with van der Waals surface area (Å²) in [5, 5.41) is 7.32. The van der Waals surface area contributed by atoms with E-state index in [2.05, 4.69) is 29.2 Å². The molecule has 2 aromatic rings. The van der Waals surface area contributed by atoms with Crippen molar-refractivity contribution in [1.29, 1.82) is 0 Å². The first-order valence-corrected chi connectivity index (χ1v) is 10.1. The van der Waals surface area contributed by atoms with Gasteiger partial charge in [0.1, 0.15) is 0 Å². The van der Waals surface area contributed by atoms with E-state index < -0.39 is 5.92 Å². The summed E-state index contributed by atoms with van der Waals surface area (Å²) in [6.07, 6.45) is 4.07. The van der Waals surface area contributed by atoms with Crippen LogP contribution >= 0.6 is 0 Å². The van der Waals surface area contributed by atoms with Gasteiger partial charge in [0.2, 0.25) is 5.92 Å². The molecule has 0 unspecified atom stereocenters. The number of rotatable bonds is 4. The van der Waals surface area contributed by atoms with Crippen LogP contribution in [-0.2, 0) is 6.54 Å². The number of carbonyl (C=O) groups is 1. The molecule has 0 radical (unpaired) electrons. The Kier molecular flexibility index (Phi) is 4.96. The Morgan fingerprint density at radius 1 is 1.34 bits per heavy atom. The molecule has 2 fully saturated rings. The van der Waals surface area contributed by atoms with Gasteiger partial charge in [-0.05, 0) is 35.8 Å². The molecule has 2 amide bonds. The molecule has 29 heavy (non-hydrogen) atoms. The summed E-state index contributed by atoms with van der Waals surface area (Å²) in [5.41, 5.74) is 8.55. The van der Waals surface area contributed by atoms with Gasteiger partial charge in [-0.25, -0.2) is 23.1 Å². The molecule has 1 aliphatic carbocycles. The number of halogens is 2. The zero-order chi connectivity index (χ0) is 20.8. The number of hydrogen-bond donors (Lipinski definition) is 2. The molecule has 3 N–H and O–H groups in total. The number of amides is 2. The predicted molar refractivity (Wildman–Crippen MR) is 104 cm³/mol. The average molecular weight is 406 g/mol. The smallest absolute Gasteiger partial charge is 0.317 e. The second-order valence-electron chi connectivity index (χ2n) is 9.23. The van der Waals surface area contributed by atoms with Gasteiger partial charge >= 0.3 is 6.03 Å². The van der Waals surface area contributed by atoms with E-state index in [0.29, 0.717) is 43.8 Å². The monoisotopic (exact) mass is 406 g/mol. The van der Waals surface area contributed by atoms with Gasteiger partial charge in [-0.3, -0.25) is 0 Å². The van der Waals surface area contributed by atoms with Crippen LogP contribution in [0.1, 0.15) is 56.8 Å². The van der Waals surface area contributed by atoms with Gasteiger partial charge in [-0.2, -0.15) is 5.10 Å². The lowest BCUT2D eigenvalue weighted by atomic mass is 9.81. The molecule has 2 aromatic heterocycles. The summed E-state index contributed by atoms with van der Waals surface area (Å²) >= 11 is 0. The number of aromatic nitrogens is 3. The van der Waals surface area contributed by atoms with E-state index in [1.807, 2.05) is 6.07 Å². The highest BCUT2D eigenvalue weighted by molar-refractivity contribution is 5.75. The van der Waals surface area contributed by atoms with Gasteiger partial charge in [0.15, 0.2) is 5.65 Å². The van der Waals surface area contributed by atoms with Crippen molar-refractivity contribution in [3.8, 4) is 0 Å². The largest absolute Gasteiger partial charge is 0.337 e. The number of urea groups is 1. The zero-order valence-electron chi connectivity index (χ0n) is 16.9. The van der Waals surface area contributed by atoms with E-state index in [1.54, 1.807) is 21.8 Å². The average Bonchev–Trinajstić information content (AvgIpc) is 3.07. The van der Waals surface area contributed by atoms with Crippen LogP contribution in [0.15, 0.2) is 18.5 Å². The third-order valence-electron chi connectivity index (χ3n) is 6.00. The first-order valence-electron chi connectivity index (χ1n) is 10.1. The molecular formula is C20H28F2N6O. The van der Waals surface area contributed by atoms with E-state index in [1.165, 1.54) is 0 Å². The fourth-order valence-electron chi connectivity index (χ4n) is 4.26. The fourth-order valence-corrected chi connectivity index (χ4v) is 4.26. The SMILES string of the molecule is CC1(C)CNC(=O)N(Cc2cnn3cc([C@@H](N)C4CCC(F)(F)CC4)nc3c2)C1. The van der Waals surface area contributed by atoms with E-state index in [-0.39, 0.29) is 36.2 Å². The van der Waals surface area contributed by atoms with Gasteiger partial charge in [-0.15, -0.1) is 0 Å². The number of nitrogens with one attached hydrogen (secondary N) is 1. The Morgan fingerprint density at radius 2 is 2.07 bits per heavy atom. The Morgan fingerprint density at radius 3 is 2.79 bits per heavy atom. The van der Waals surface area contributed by atoms with Crippen LogP contribution < -0.4 is 11.1 Å². The molecule has 4 rings (SSSR count). The molecule has 2 aliphatic rings. The lowest BCUT2D eigenvalue weighted by molar-refractivity contribution is -0.0484. The number of carbonyl (C=O) groups excluding carboxylic acids is 1. The summed E-state index contributed by atoms with van der Waals surface area (Å²) < 4.78 is 28.5. The molecule has 1 aliphatic heterocycles. The molecule has 7 nitrogen and oxygen atoms in total. The number of nitrogens with two attached hydrogens (primary N) is 1. The second kappa shape index (κ2) is 7.19. The topological polar surface area (TPSA) is 88.5 Å². The van der Waals surface area contributed by atoms with Gasteiger partial charge in [-0.1, -0.05) is 13.8 Å². The van der Waals surface area contributed by atoms with Crippen molar-refractivity contribution in [2.75, 3.05) is 13.1 Å². The van der Waals surface area contributed by atoms with Crippen molar-refractivity contribution in [2.45, 2.75) is 58.0 Å². The molecule has 0 aromatic carbocycles. The van der Waals surface area contributed by atoms with Crippen molar-refractivity contribution >= 4 is 11.7 Å². The summed E-state index contributed by atoms with van der Waals surface area (Å²) in [4.78, 5) is 18.5. The highest BCUT2D eigenvalue weighted by atomic mass is 19.3. The lowest BCUT2D eigenvalue weighted by Gasteiger charge is -2.38. The zero-order valence-corrected chi connectivity index (χ0v) is 16.9. The Hall–Kier alpha value is -2.29. The third kappa shape index (κ3) is 4.34. The van der Waals surface area contributed by atoms with Crippen LogP contribution in [0.3, 0.4) is 0 Å². The van der Waals surface area contributed by atoms with Crippen LogP contribution in [0.5, 0.6) is 0 Å². The minimum atomic E-state index is -2.57. The molecule has 1 atom stereocenters. The highest BCUT2D eigenvalue weighted by Crippen LogP contribution is 2.40. The molecule has 1 saturated heterocycles. The maximum Gasteiger partial charge on any atom is 0.317 e. The number of alkyl halides is 2. The summed E-state index contributed by atoms with van der Waals surface area (Å²) in [6, 6.07) is 1.43.